The minimum absolute atomic E-state index is 0.342. The summed E-state index contributed by atoms with van der Waals surface area (Å²) in [5.41, 5.74) is 7.56. The van der Waals surface area contributed by atoms with Gasteiger partial charge in [-0.3, -0.25) is 0 Å². The molecule has 0 amide bonds. The molecule has 0 aliphatic heterocycles. The van der Waals surface area contributed by atoms with Gasteiger partial charge in [0.05, 0.1) is 5.02 Å². The highest BCUT2D eigenvalue weighted by atomic mass is 35.5. The van der Waals surface area contributed by atoms with Crippen LogP contribution in [0.1, 0.15) is 31.6 Å². The summed E-state index contributed by atoms with van der Waals surface area (Å²) in [6, 6.07) is 4.77. The van der Waals surface area contributed by atoms with Crippen LogP contribution in [-0.2, 0) is 6.42 Å². The third-order valence-corrected chi connectivity index (χ3v) is 3.75. The van der Waals surface area contributed by atoms with E-state index in [1.807, 2.05) is 0 Å². The van der Waals surface area contributed by atoms with Gasteiger partial charge in [-0.2, -0.15) is 0 Å². The van der Waals surface area contributed by atoms with Gasteiger partial charge in [0.1, 0.15) is 23.2 Å². The lowest BCUT2D eigenvalue weighted by Gasteiger charge is -2.07. The maximum absolute atomic E-state index is 13.1. The van der Waals surface area contributed by atoms with E-state index in [9.17, 15) is 4.39 Å². The molecule has 1 fully saturated rings. The van der Waals surface area contributed by atoms with E-state index in [-0.39, 0.29) is 5.82 Å². The summed E-state index contributed by atoms with van der Waals surface area (Å²) in [5, 5.41) is 0.342. The Morgan fingerprint density at radius 1 is 1.47 bits per heavy atom. The Morgan fingerprint density at radius 2 is 2.21 bits per heavy atom. The van der Waals surface area contributed by atoms with E-state index < -0.39 is 0 Å². The molecule has 0 saturated heterocycles. The summed E-state index contributed by atoms with van der Waals surface area (Å²) in [4.78, 5) is 4.58. The average molecular weight is 280 g/mol. The second kappa shape index (κ2) is 4.53. The van der Waals surface area contributed by atoms with E-state index in [0.717, 1.165) is 25.1 Å². The van der Waals surface area contributed by atoms with Crippen LogP contribution in [0.25, 0.3) is 11.3 Å². The number of benzene rings is 1. The zero-order chi connectivity index (χ0) is 13.6. The first kappa shape index (κ1) is 12.5. The smallest absolute Gasteiger partial charge is 0.132 e. The van der Waals surface area contributed by atoms with Gasteiger partial charge in [-0.25, -0.2) is 9.37 Å². The summed E-state index contributed by atoms with van der Waals surface area (Å²) < 4.78 is 15.2. The van der Waals surface area contributed by atoms with Gasteiger partial charge in [0.2, 0.25) is 0 Å². The van der Waals surface area contributed by atoms with E-state index in [1.165, 1.54) is 12.1 Å². The fourth-order valence-corrected chi connectivity index (χ4v) is 2.62. The van der Waals surface area contributed by atoms with E-state index in [0.29, 0.717) is 28.1 Å². The summed E-state index contributed by atoms with van der Waals surface area (Å²) in [5.74, 6) is 1.24. The molecule has 0 radical (unpaired) electrons. The topological polar surface area (TPSA) is 43.8 Å². The van der Waals surface area contributed by atoms with Crippen molar-refractivity contribution in [2.24, 2.45) is 0 Å². The van der Waals surface area contributed by atoms with Gasteiger partial charge in [0, 0.05) is 18.0 Å². The fourth-order valence-electron chi connectivity index (χ4n) is 2.36. The molecule has 5 heteroatoms. The second-order valence-electron chi connectivity index (χ2n) is 4.84. The highest BCUT2D eigenvalue weighted by molar-refractivity contribution is 6.33. The Morgan fingerprint density at radius 3 is 2.79 bits per heavy atom. The molecule has 1 heterocycles. The zero-order valence-corrected chi connectivity index (χ0v) is 11.4. The monoisotopic (exact) mass is 279 g/mol. The molecule has 2 N–H and O–H groups in total. The van der Waals surface area contributed by atoms with Crippen LogP contribution in [-0.4, -0.2) is 9.55 Å². The summed E-state index contributed by atoms with van der Waals surface area (Å²) in [6.07, 6.45) is 3.10. The molecule has 3 rings (SSSR count). The molecule has 1 aliphatic carbocycles. The molecule has 2 aromatic rings. The second-order valence-corrected chi connectivity index (χ2v) is 5.25. The standard InChI is InChI=1S/C14H15ClFN3/c1-2-12-18-13(14(17)19(12)9-4-5-9)10-6-3-8(16)7-11(10)15/h3,6-7,9H,2,4-5,17H2,1H3. The van der Waals surface area contributed by atoms with Crippen LogP contribution in [0.2, 0.25) is 5.02 Å². The fraction of sp³-hybridized carbons (Fsp3) is 0.357. The predicted molar refractivity (Wildman–Crippen MR) is 74.7 cm³/mol. The number of hydrogen-bond acceptors (Lipinski definition) is 2. The van der Waals surface area contributed by atoms with Gasteiger partial charge in [0.15, 0.2) is 0 Å². The van der Waals surface area contributed by atoms with Gasteiger partial charge in [-0.15, -0.1) is 0 Å². The van der Waals surface area contributed by atoms with E-state index in [1.54, 1.807) is 6.07 Å². The maximum Gasteiger partial charge on any atom is 0.132 e. The van der Waals surface area contributed by atoms with Crippen molar-refractivity contribution in [2.75, 3.05) is 5.73 Å². The number of aryl methyl sites for hydroxylation is 1. The Labute approximate surface area is 116 Å². The number of halogens is 2. The first-order chi connectivity index (χ1) is 9.11. The van der Waals surface area contributed by atoms with Gasteiger partial charge >= 0.3 is 0 Å². The third kappa shape index (κ3) is 2.10. The minimum atomic E-state index is -0.357. The van der Waals surface area contributed by atoms with Crippen molar-refractivity contribution in [3.05, 3.63) is 34.9 Å². The predicted octanol–water partition coefficient (Wildman–Crippen LogP) is 3.82. The molecular formula is C14H15ClFN3. The van der Waals surface area contributed by atoms with Crippen LogP contribution >= 0.6 is 11.6 Å². The van der Waals surface area contributed by atoms with Crippen molar-refractivity contribution < 1.29 is 4.39 Å². The van der Waals surface area contributed by atoms with Crippen LogP contribution in [0.4, 0.5) is 10.2 Å². The minimum Gasteiger partial charge on any atom is -0.383 e. The molecule has 0 spiro atoms. The lowest BCUT2D eigenvalue weighted by Crippen LogP contribution is -2.04. The lowest BCUT2D eigenvalue weighted by molar-refractivity contribution is 0.628. The van der Waals surface area contributed by atoms with Crippen LogP contribution in [0.3, 0.4) is 0 Å². The molecule has 3 nitrogen and oxygen atoms in total. The molecule has 1 aliphatic rings. The van der Waals surface area contributed by atoms with Crippen LogP contribution in [0.15, 0.2) is 18.2 Å². The van der Waals surface area contributed by atoms with Crippen molar-refractivity contribution in [1.82, 2.24) is 9.55 Å². The molecule has 1 aromatic heterocycles. The van der Waals surface area contributed by atoms with E-state index in [2.05, 4.69) is 16.5 Å². The van der Waals surface area contributed by atoms with Gasteiger partial charge in [-0.1, -0.05) is 18.5 Å². The quantitative estimate of drug-likeness (QED) is 0.928. The number of nitrogens with zero attached hydrogens (tertiary/aromatic N) is 2. The molecular weight excluding hydrogens is 265 g/mol. The Balaban J connectivity index is 2.14. The van der Waals surface area contributed by atoms with Crippen LogP contribution in [0, 0.1) is 5.82 Å². The molecule has 0 atom stereocenters. The number of hydrogen-bond donors (Lipinski definition) is 1. The van der Waals surface area contributed by atoms with E-state index >= 15 is 0 Å². The number of imidazole rings is 1. The molecule has 1 aromatic carbocycles. The lowest BCUT2D eigenvalue weighted by atomic mass is 10.1. The molecule has 0 bridgehead atoms. The largest absolute Gasteiger partial charge is 0.383 e. The van der Waals surface area contributed by atoms with Crippen LogP contribution in [0.5, 0.6) is 0 Å². The van der Waals surface area contributed by atoms with Crippen molar-refractivity contribution in [1.29, 1.82) is 0 Å². The third-order valence-electron chi connectivity index (χ3n) is 3.44. The number of rotatable bonds is 3. The van der Waals surface area contributed by atoms with E-state index in [4.69, 9.17) is 17.3 Å². The SMILES string of the molecule is CCc1nc(-c2ccc(F)cc2Cl)c(N)n1C1CC1. The molecule has 19 heavy (non-hydrogen) atoms. The van der Waals surface area contributed by atoms with Crippen LogP contribution < -0.4 is 5.73 Å². The Hall–Kier alpha value is -1.55. The number of aromatic nitrogens is 2. The molecule has 0 unspecified atom stereocenters. The molecule has 1 saturated carbocycles. The maximum atomic E-state index is 13.1. The summed E-state index contributed by atoms with van der Waals surface area (Å²) in [6.45, 7) is 2.05. The van der Waals surface area contributed by atoms with Crippen molar-refractivity contribution in [3.63, 3.8) is 0 Å². The van der Waals surface area contributed by atoms with Gasteiger partial charge in [0.25, 0.3) is 0 Å². The average Bonchev–Trinajstić information content (AvgIpc) is 3.14. The van der Waals surface area contributed by atoms with Gasteiger partial charge < -0.3 is 10.3 Å². The highest BCUT2D eigenvalue weighted by Crippen LogP contribution is 2.42. The number of anilines is 1. The summed E-state index contributed by atoms with van der Waals surface area (Å²) in [7, 11) is 0. The highest BCUT2D eigenvalue weighted by Gasteiger charge is 2.29. The van der Waals surface area contributed by atoms with Crippen molar-refractivity contribution in [2.45, 2.75) is 32.2 Å². The summed E-state index contributed by atoms with van der Waals surface area (Å²) >= 11 is 6.09. The zero-order valence-electron chi connectivity index (χ0n) is 10.7. The normalized spacial score (nSPS) is 14.9. The Bertz CT molecular complexity index is 632. The first-order valence-electron chi connectivity index (χ1n) is 6.43. The number of nitrogen functional groups attached to an aromatic ring is 1. The number of nitrogens with two attached hydrogens (primary N) is 1. The van der Waals surface area contributed by atoms with Crippen molar-refractivity contribution >= 4 is 17.4 Å². The van der Waals surface area contributed by atoms with Crippen molar-refractivity contribution in [3.8, 4) is 11.3 Å². The first-order valence-corrected chi connectivity index (χ1v) is 6.81. The Kier molecular flexibility index (Phi) is 2.97. The van der Waals surface area contributed by atoms with Gasteiger partial charge in [-0.05, 0) is 31.0 Å². The molecule has 100 valence electrons.